The zero-order valence-corrected chi connectivity index (χ0v) is 15.3. The summed E-state index contributed by atoms with van der Waals surface area (Å²) >= 11 is 3.44. The Labute approximate surface area is 158 Å². The first kappa shape index (κ1) is 16.5. The van der Waals surface area contributed by atoms with Crippen LogP contribution in [0.2, 0.25) is 0 Å². The van der Waals surface area contributed by atoms with E-state index >= 15 is 0 Å². The molecule has 0 amide bonds. The van der Waals surface area contributed by atoms with Gasteiger partial charge in [0.25, 0.3) is 0 Å². The molecule has 0 aliphatic carbocycles. The highest BCUT2D eigenvalue weighted by atomic mass is 79.9. The summed E-state index contributed by atoms with van der Waals surface area (Å²) in [5.41, 5.74) is 8.59. The fraction of sp³-hybridized carbons (Fsp3) is 0.111. The Kier molecular flexibility index (Phi) is 4.49. The minimum Gasteiger partial charge on any atom is -0.454 e. The molecular weight excluding hydrogens is 398 g/mol. The number of benzene rings is 2. The lowest BCUT2D eigenvalue weighted by Gasteiger charge is -2.13. The van der Waals surface area contributed by atoms with E-state index in [0.29, 0.717) is 23.9 Å². The van der Waals surface area contributed by atoms with Crippen LogP contribution in [0, 0.1) is 0 Å². The van der Waals surface area contributed by atoms with E-state index < -0.39 is 0 Å². The second-order valence-electron chi connectivity index (χ2n) is 5.66. The smallest absolute Gasteiger partial charge is 0.231 e. The van der Waals surface area contributed by atoms with E-state index in [1.807, 2.05) is 42.5 Å². The van der Waals surface area contributed by atoms with Gasteiger partial charge in [-0.2, -0.15) is 0 Å². The summed E-state index contributed by atoms with van der Waals surface area (Å²) in [5.74, 6) is 2.62. The first-order chi connectivity index (χ1) is 12.7. The maximum atomic E-state index is 6.22. The molecule has 4 N–H and O–H groups in total. The van der Waals surface area contributed by atoms with Gasteiger partial charge in [0.15, 0.2) is 23.1 Å². The van der Waals surface area contributed by atoms with Gasteiger partial charge in [-0.15, -0.1) is 0 Å². The lowest BCUT2D eigenvalue weighted by atomic mass is 10.2. The Morgan fingerprint density at radius 3 is 2.77 bits per heavy atom. The molecule has 1 aliphatic rings. The van der Waals surface area contributed by atoms with E-state index in [0.717, 1.165) is 27.2 Å². The maximum Gasteiger partial charge on any atom is 0.231 e. The van der Waals surface area contributed by atoms with Crippen LogP contribution in [0.5, 0.6) is 11.5 Å². The van der Waals surface area contributed by atoms with E-state index in [2.05, 4.69) is 36.5 Å². The van der Waals surface area contributed by atoms with Crippen molar-refractivity contribution in [3.8, 4) is 11.5 Å². The van der Waals surface area contributed by atoms with Crippen LogP contribution in [0.25, 0.3) is 0 Å². The van der Waals surface area contributed by atoms with Crippen molar-refractivity contribution in [3.05, 3.63) is 58.8 Å². The predicted molar refractivity (Wildman–Crippen MR) is 104 cm³/mol. The molecular formula is C18H16BrN5O2. The van der Waals surface area contributed by atoms with Gasteiger partial charge in [0, 0.05) is 16.7 Å². The largest absolute Gasteiger partial charge is 0.454 e. The molecule has 132 valence electrons. The number of halogens is 1. The van der Waals surface area contributed by atoms with Gasteiger partial charge in [0.05, 0.1) is 0 Å². The summed E-state index contributed by atoms with van der Waals surface area (Å²) in [6.45, 7) is 0.809. The van der Waals surface area contributed by atoms with E-state index in [9.17, 15) is 0 Å². The molecule has 1 aromatic heterocycles. The van der Waals surface area contributed by atoms with Crippen molar-refractivity contribution in [1.29, 1.82) is 0 Å². The number of ether oxygens (including phenoxy) is 2. The summed E-state index contributed by atoms with van der Waals surface area (Å²) in [4.78, 5) is 8.46. The number of nitrogens with zero attached hydrogens (tertiary/aromatic N) is 2. The minimum absolute atomic E-state index is 0.260. The third-order valence-corrected chi connectivity index (χ3v) is 4.36. The van der Waals surface area contributed by atoms with Crippen LogP contribution in [0.15, 0.2) is 53.3 Å². The van der Waals surface area contributed by atoms with E-state index in [1.54, 1.807) is 0 Å². The lowest BCUT2D eigenvalue weighted by molar-refractivity contribution is 0.174. The molecule has 0 fully saturated rings. The van der Waals surface area contributed by atoms with Gasteiger partial charge in [0.2, 0.25) is 6.79 Å². The average Bonchev–Trinajstić information content (AvgIpc) is 3.10. The number of fused-ring (bicyclic) bond motifs is 1. The number of nitrogens with one attached hydrogen (secondary N) is 2. The Balaban J connectivity index is 1.49. The van der Waals surface area contributed by atoms with Crippen molar-refractivity contribution in [2.45, 2.75) is 6.54 Å². The molecule has 0 saturated heterocycles. The van der Waals surface area contributed by atoms with E-state index in [-0.39, 0.29) is 6.79 Å². The normalized spacial score (nSPS) is 12.0. The second-order valence-corrected chi connectivity index (χ2v) is 6.58. The standard InChI is InChI=1S/C18H16BrN5O2/c19-12-2-1-3-13(7-12)24-18-16(20)17(22-9-23-18)21-8-11-4-5-14-15(6-11)26-10-25-14/h1-7,9H,8,10,20H2,(H2,21,22,23,24). The monoisotopic (exact) mass is 413 g/mol. The van der Waals surface area contributed by atoms with Gasteiger partial charge in [-0.05, 0) is 35.9 Å². The molecule has 0 unspecified atom stereocenters. The molecule has 0 saturated carbocycles. The van der Waals surface area contributed by atoms with Crippen molar-refractivity contribution < 1.29 is 9.47 Å². The summed E-state index contributed by atoms with van der Waals surface area (Å²) < 4.78 is 11.7. The number of rotatable bonds is 5. The van der Waals surface area contributed by atoms with Crippen LogP contribution < -0.4 is 25.8 Å². The fourth-order valence-corrected chi connectivity index (χ4v) is 2.97. The molecule has 2 heterocycles. The zero-order chi connectivity index (χ0) is 17.9. The number of nitrogens with two attached hydrogens (primary N) is 1. The molecule has 0 radical (unpaired) electrons. The Morgan fingerprint density at radius 1 is 1.04 bits per heavy atom. The van der Waals surface area contributed by atoms with Crippen LogP contribution in [0.4, 0.5) is 23.0 Å². The summed E-state index contributed by atoms with van der Waals surface area (Å²) in [6.07, 6.45) is 1.47. The zero-order valence-electron chi connectivity index (χ0n) is 13.7. The molecule has 7 nitrogen and oxygen atoms in total. The molecule has 3 aromatic rings. The molecule has 4 rings (SSSR count). The predicted octanol–water partition coefficient (Wildman–Crippen LogP) is 3.91. The molecule has 26 heavy (non-hydrogen) atoms. The quantitative estimate of drug-likeness (QED) is 0.583. The molecule has 0 bridgehead atoms. The average molecular weight is 414 g/mol. The SMILES string of the molecule is Nc1c(NCc2ccc3c(c2)OCO3)ncnc1Nc1cccc(Br)c1. The first-order valence-corrected chi connectivity index (χ1v) is 8.74. The Morgan fingerprint density at radius 2 is 1.88 bits per heavy atom. The Bertz CT molecular complexity index is 951. The maximum absolute atomic E-state index is 6.22. The molecule has 2 aromatic carbocycles. The highest BCUT2D eigenvalue weighted by Crippen LogP contribution is 2.33. The number of nitrogen functional groups attached to an aromatic ring is 1. The van der Waals surface area contributed by atoms with Crippen molar-refractivity contribution in [1.82, 2.24) is 9.97 Å². The van der Waals surface area contributed by atoms with Crippen LogP contribution in [0.3, 0.4) is 0 Å². The highest BCUT2D eigenvalue weighted by Gasteiger charge is 2.14. The molecule has 0 atom stereocenters. The molecule has 8 heteroatoms. The van der Waals surface area contributed by atoms with Gasteiger partial charge >= 0.3 is 0 Å². The van der Waals surface area contributed by atoms with Gasteiger partial charge in [-0.1, -0.05) is 28.1 Å². The number of hydrogen-bond acceptors (Lipinski definition) is 7. The second kappa shape index (κ2) is 7.09. The van der Waals surface area contributed by atoms with E-state index in [1.165, 1.54) is 6.33 Å². The van der Waals surface area contributed by atoms with Crippen LogP contribution in [0.1, 0.15) is 5.56 Å². The van der Waals surface area contributed by atoms with Crippen LogP contribution in [-0.2, 0) is 6.54 Å². The summed E-state index contributed by atoms with van der Waals surface area (Å²) in [7, 11) is 0. The van der Waals surface area contributed by atoms with Gasteiger partial charge in [-0.3, -0.25) is 0 Å². The number of hydrogen-bond donors (Lipinski definition) is 3. The lowest BCUT2D eigenvalue weighted by Crippen LogP contribution is -2.08. The minimum atomic E-state index is 0.260. The van der Waals surface area contributed by atoms with Crippen LogP contribution >= 0.6 is 15.9 Å². The number of aromatic nitrogens is 2. The topological polar surface area (TPSA) is 94.3 Å². The molecule has 0 spiro atoms. The first-order valence-electron chi connectivity index (χ1n) is 7.94. The summed E-state index contributed by atoms with van der Waals surface area (Å²) in [5, 5.41) is 6.44. The van der Waals surface area contributed by atoms with E-state index in [4.69, 9.17) is 15.2 Å². The summed E-state index contributed by atoms with van der Waals surface area (Å²) in [6, 6.07) is 13.6. The van der Waals surface area contributed by atoms with Crippen molar-refractivity contribution in [2.24, 2.45) is 0 Å². The van der Waals surface area contributed by atoms with Crippen molar-refractivity contribution in [2.75, 3.05) is 23.2 Å². The Hall–Kier alpha value is -3.00. The van der Waals surface area contributed by atoms with Crippen LogP contribution in [-0.4, -0.2) is 16.8 Å². The van der Waals surface area contributed by atoms with Crippen molar-refractivity contribution in [3.63, 3.8) is 0 Å². The molecule has 1 aliphatic heterocycles. The third-order valence-electron chi connectivity index (χ3n) is 3.87. The number of anilines is 4. The van der Waals surface area contributed by atoms with Crippen molar-refractivity contribution >= 4 is 38.9 Å². The van der Waals surface area contributed by atoms with Gasteiger partial charge in [-0.25, -0.2) is 9.97 Å². The third kappa shape index (κ3) is 3.50. The fourth-order valence-electron chi connectivity index (χ4n) is 2.58. The highest BCUT2D eigenvalue weighted by molar-refractivity contribution is 9.10. The van der Waals surface area contributed by atoms with Gasteiger partial charge in [0.1, 0.15) is 12.0 Å². The van der Waals surface area contributed by atoms with Gasteiger partial charge < -0.3 is 25.8 Å².